The second-order valence-corrected chi connectivity index (χ2v) is 5.12. The smallest absolute Gasteiger partial charge is 0.410 e. The first-order chi connectivity index (χ1) is 9.09. The molecular formula is C14H16ClNO3. The molecule has 1 heterocycles. The highest BCUT2D eigenvalue weighted by molar-refractivity contribution is 6.64. The van der Waals surface area contributed by atoms with Crippen LogP contribution in [0.5, 0.6) is 0 Å². The summed E-state index contributed by atoms with van der Waals surface area (Å²) in [6.07, 6.45) is 0.288. The molecule has 1 aromatic carbocycles. The van der Waals surface area contributed by atoms with Crippen molar-refractivity contribution in [3.05, 3.63) is 35.9 Å². The molecule has 0 spiro atoms. The second kappa shape index (κ2) is 6.06. The number of benzene rings is 1. The maximum atomic E-state index is 12.0. The minimum atomic E-state index is -0.565. The summed E-state index contributed by atoms with van der Waals surface area (Å²) < 4.78 is 5.22. The summed E-state index contributed by atoms with van der Waals surface area (Å²) in [5, 5.41) is -0.498. The molecule has 1 aliphatic rings. The van der Waals surface area contributed by atoms with Crippen molar-refractivity contribution in [2.45, 2.75) is 26.0 Å². The van der Waals surface area contributed by atoms with E-state index in [4.69, 9.17) is 16.3 Å². The molecule has 2 rings (SSSR count). The number of ether oxygens (including phenoxy) is 1. The van der Waals surface area contributed by atoms with Gasteiger partial charge >= 0.3 is 6.09 Å². The molecule has 102 valence electrons. The Morgan fingerprint density at radius 1 is 1.37 bits per heavy atom. The largest absolute Gasteiger partial charge is 0.445 e. The van der Waals surface area contributed by atoms with Crippen molar-refractivity contribution >= 4 is 22.9 Å². The molecule has 1 aromatic rings. The zero-order chi connectivity index (χ0) is 13.8. The van der Waals surface area contributed by atoms with Gasteiger partial charge in [-0.3, -0.25) is 9.69 Å². The number of amides is 1. The van der Waals surface area contributed by atoms with E-state index >= 15 is 0 Å². The van der Waals surface area contributed by atoms with Crippen molar-refractivity contribution in [1.29, 1.82) is 0 Å². The van der Waals surface area contributed by atoms with Gasteiger partial charge in [0, 0.05) is 6.54 Å². The maximum Gasteiger partial charge on any atom is 0.410 e. The minimum absolute atomic E-state index is 0.0780. The third-order valence-corrected chi connectivity index (χ3v) is 3.60. The Labute approximate surface area is 117 Å². The van der Waals surface area contributed by atoms with Gasteiger partial charge in [-0.1, -0.05) is 37.3 Å². The first-order valence-corrected chi connectivity index (χ1v) is 6.64. The fourth-order valence-corrected chi connectivity index (χ4v) is 2.63. The van der Waals surface area contributed by atoms with E-state index in [0.29, 0.717) is 6.54 Å². The maximum absolute atomic E-state index is 12.0. The lowest BCUT2D eigenvalue weighted by Crippen LogP contribution is -2.41. The van der Waals surface area contributed by atoms with E-state index in [-0.39, 0.29) is 12.5 Å². The molecule has 0 aliphatic carbocycles. The Hall–Kier alpha value is -1.55. The normalized spacial score (nSPS) is 22.3. The molecule has 0 N–H and O–H groups in total. The van der Waals surface area contributed by atoms with Crippen LogP contribution < -0.4 is 0 Å². The van der Waals surface area contributed by atoms with E-state index in [0.717, 1.165) is 12.0 Å². The Morgan fingerprint density at radius 2 is 2.05 bits per heavy atom. The van der Waals surface area contributed by atoms with Gasteiger partial charge in [0.25, 0.3) is 0 Å². The van der Waals surface area contributed by atoms with Crippen LogP contribution in [0, 0.1) is 5.92 Å². The van der Waals surface area contributed by atoms with Crippen molar-refractivity contribution < 1.29 is 14.3 Å². The molecule has 0 aromatic heterocycles. The van der Waals surface area contributed by atoms with Crippen molar-refractivity contribution in [2.24, 2.45) is 5.92 Å². The SMILES string of the molecule is C[C@@H]1CCN(C(=O)OCc2ccccc2)[C@H]1C(=O)Cl. The fraction of sp³-hybridized carbons (Fsp3) is 0.429. The predicted octanol–water partition coefficient (Wildman–Crippen LogP) is 2.80. The van der Waals surface area contributed by atoms with Gasteiger partial charge in [0.15, 0.2) is 0 Å². The number of halogens is 1. The average molecular weight is 282 g/mol. The summed E-state index contributed by atoms with van der Waals surface area (Å²) in [6, 6.07) is 8.85. The molecule has 4 nitrogen and oxygen atoms in total. The van der Waals surface area contributed by atoms with E-state index in [1.165, 1.54) is 4.90 Å². The van der Waals surface area contributed by atoms with Crippen LogP contribution in [0.3, 0.4) is 0 Å². The van der Waals surface area contributed by atoms with Crippen LogP contribution in [-0.4, -0.2) is 28.8 Å². The van der Waals surface area contributed by atoms with Crippen molar-refractivity contribution in [2.75, 3.05) is 6.54 Å². The first kappa shape index (κ1) is 13.9. The Morgan fingerprint density at radius 3 is 2.68 bits per heavy atom. The predicted molar refractivity (Wildman–Crippen MR) is 71.8 cm³/mol. The fourth-order valence-electron chi connectivity index (χ4n) is 2.30. The van der Waals surface area contributed by atoms with E-state index in [2.05, 4.69) is 0 Å². The summed E-state index contributed by atoms with van der Waals surface area (Å²) in [6.45, 7) is 2.63. The van der Waals surface area contributed by atoms with E-state index in [1.54, 1.807) is 0 Å². The quantitative estimate of drug-likeness (QED) is 0.801. The third-order valence-electron chi connectivity index (χ3n) is 3.37. The van der Waals surface area contributed by atoms with E-state index in [1.807, 2.05) is 37.3 Å². The number of carbonyl (C=O) groups excluding carboxylic acids is 2. The van der Waals surface area contributed by atoms with Crippen LogP contribution in [0.4, 0.5) is 4.79 Å². The number of carbonyl (C=O) groups is 2. The lowest BCUT2D eigenvalue weighted by molar-refractivity contribution is -0.116. The monoisotopic (exact) mass is 281 g/mol. The van der Waals surface area contributed by atoms with Crippen LogP contribution in [0.2, 0.25) is 0 Å². The number of rotatable bonds is 3. The zero-order valence-electron chi connectivity index (χ0n) is 10.7. The van der Waals surface area contributed by atoms with E-state index < -0.39 is 17.4 Å². The summed E-state index contributed by atoms with van der Waals surface area (Å²) in [4.78, 5) is 24.8. The number of likely N-dealkylation sites (tertiary alicyclic amines) is 1. The zero-order valence-corrected chi connectivity index (χ0v) is 11.5. The Bertz CT molecular complexity index is 463. The summed E-state index contributed by atoms with van der Waals surface area (Å²) in [7, 11) is 0. The van der Waals surface area contributed by atoms with Gasteiger partial charge in [0.05, 0.1) is 0 Å². The molecule has 0 radical (unpaired) electrons. The van der Waals surface area contributed by atoms with Gasteiger partial charge in [-0.15, -0.1) is 0 Å². The molecule has 1 fully saturated rings. The van der Waals surface area contributed by atoms with Gasteiger partial charge in [-0.25, -0.2) is 4.79 Å². The first-order valence-electron chi connectivity index (χ1n) is 6.26. The molecule has 1 aliphatic heterocycles. The minimum Gasteiger partial charge on any atom is -0.445 e. The number of nitrogens with zero attached hydrogens (tertiary/aromatic N) is 1. The van der Waals surface area contributed by atoms with Crippen molar-refractivity contribution in [1.82, 2.24) is 4.90 Å². The second-order valence-electron chi connectivity index (χ2n) is 4.75. The molecule has 1 saturated heterocycles. The van der Waals surface area contributed by atoms with Crippen LogP contribution >= 0.6 is 11.6 Å². The van der Waals surface area contributed by atoms with Gasteiger partial charge < -0.3 is 4.74 Å². The van der Waals surface area contributed by atoms with Crippen LogP contribution in [-0.2, 0) is 16.1 Å². The Balaban J connectivity index is 1.95. The van der Waals surface area contributed by atoms with Gasteiger partial charge in [0.2, 0.25) is 5.24 Å². The van der Waals surface area contributed by atoms with Gasteiger partial charge in [-0.05, 0) is 29.5 Å². The highest BCUT2D eigenvalue weighted by atomic mass is 35.5. The van der Waals surface area contributed by atoms with E-state index in [9.17, 15) is 9.59 Å². The lowest BCUT2D eigenvalue weighted by Gasteiger charge is -2.23. The average Bonchev–Trinajstić information content (AvgIpc) is 2.79. The molecule has 2 atom stereocenters. The van der Waals surface area contributed by atoms with Gasteiger partial charge in [-0.2, -0.15) is 0 Å². The molecule has 5 heteroatoms. The third kappa shape index (κ3) is 3.26. The molecular weight excluding hydrogens is 266 g/mol. The lowest BCUT2D eigenvalue weighted by atomic mass is 10.0. The summed E-state index contributed by atoms with van der Waals surface area (Å²) in [5.41, 5.74) is 0.914. The van der Waals surface area contributed by atoms with Gasteiger partial charge in [0.1, 0.15) is 12.6 Å². The topological polar surface area (TPSA) is 46.6 Å². The van der Waals surface area contributed by atoms with Crippen LogP contribution in [0.25, 0.3) is 0 Å². The van der Waals surface area contributed by atoms with Crippen molar-refractivity contribution in [3.8, 4) is 0 Å². The standard InChI is InChI=1S/C14H16ClNO3/c1-10-7-8-16(12(10)13(15)17)14(18)19-9-11-5-3-2-4-6-11/h2-6,10,12H,7-9H2,1H3/t10-,12-/m1/s1. The molecule has 0 saturated carbocycles. The highest BCUT2D eigenvalue weighted by Gasteiger charge is 2.39. The Kier molecular flexibility index (Phi) is 4.43. The number of hydrogen-bond donors (Lipinski definition) is 0. The number of hydrogen-bond acceptors (Lipinski definition) is 3. The summed E-state index contributed by atoms with van der Waals surface area (Å²) >= 11 is 5.55. The highest BCUT2D eigenvalue weighted by Crippen LogP contribution is 2.26. The molecule has 1 amide bonds. The molecule has 0 bridgehead atoms. The van der Waals surface area contributed by atoms with Crippen LogP contribution in [0.1, 0.15) is 18.9 Å². The van der Waals surface area contributed by atoms with Crippen LogP contribution in [0.15, 0.2) is 30.3 Å². The molecule has 19 heavy (non-hydrogen) atoms. The van der Waals surface area contributed by atoms with Crippen molar-refractivity contribution in [3.63, 3.8) is 0 Å². The molecule has 0 unspecified atom stereocenters. The summed E-state index contributed by atoms with van der Waals surface area (Å²) in [5.74, 6) is 0.0780.